The standard InChI is InChI=1S/C19H24N4O3/c1-14(15-3-4-16-17(13-15)26-12-11-25-16)22-18(24)19(5-8-20-9-6-19)23-10-2-7-21-23/h2-4,7,10,13-14,20H,5-6,8-9,11-12H2,1H3,(H,22,24). The summed E-state index contributed by atoms with van der Waals surface area (Å²) in [4.78, 5) is 13.2. The van der Waals surface area contributed by atoms with E-state index in [-0.39, 0.29) is 11.9 Å². The van der Waals surface area contributed by atoms with E-state index in [1.807, 2.05) is 37.4 Å². The van der Waals surface area contributed by atoms with Crippen molar-refractivity contribution in [3.05, 3.63) is 42.2 Å². The molecule has 4 rings (SSSR count). The molecule has 0 saturated carbocycles. The van der Waals surface area contributed by atoms with Gasteiger partial charge in [0.15, 0.2) is 11.5 Å². The maximum absolute atomic E-state index is 13.2. The Morgan fingerprint density at radius 3 is 2.77 bits per heavy atom. The lowest BCUT2D eigenvalue weighted by Gasteiger charge is -2.37. The minimum Gasteiger partial charge on any atom is -0.486 e. The Morgan fingerprint density at radius 2 is 2.04 bits per heavy atom. The third kappa shape index (κ3) is 3.03. The Balaban J connectivity index is 1.54. The number of nitrogens with zero attached hydrogens (tertiary/aromatic N) is 2. The molecule has 1 fully saturated rings. The van der Waals surface area contributed by atoms with Crippen LogP contribution in [0.4, 0.5) is 0 Å². The summed E-state index contributed by atoms with van der Waals surface area (Å²) in [5.41, 5.74) is 0.351. The molecule has 138 valence electrons. The summed E-state index contributed by atoms with van der Waals surface area (Å²) < 4.78 is 13.0. The molecule has 2 aromatic rings. The zero-order valence-corrected chi connectivity index (χ0v) is 14.9. The van der Waals surface area contributed by atoms with E-state index in [1.165, 1.54) is 0 Å². The van der Waals surface area contributed by atoms with Crippen LogP contribution in [0.5, 0.6) is 11.5 Å². The lowest BCUT2D eigenvalue weighted by molar-refractivity contribution is -0.132. The highest BCUT2D eigenvalue weighted by Crippen LogP contribution is 2.33. The second kappa shape index (κ2) is 6.99. The van der Waals surface area contributed by atoms with Crippen LogP contribution in [0.25, 0.3) is 0 Å². The van der Waals surface area contributed by atoms with Gasteiger partial charge in [0, 0.05) is 12.4 Å². The molecule has 0 aliphatic carbocycles. The van der Waals surface area contributed by atoms with Gasteiger partial charge >= 0.3 is 0 Å². The molecule has 2 aliphatic rings. The SMILES string of the molecule is CC(NC(=O)C1(n2cccn2)CCNCC1)c1ccc2c(c1)OCCO2. The van der Waals surface area contributed by atoms with Gasteiger partial charge in [-0.3, -0.25) is 9.48 Å². The number of fused-ring (bicyclic) bond motifs is 1. The van der Waals surface area contributed by atoms with Crippen molar-refractivity contribution >= 4 is 5.91 Å². The van der Waals surface area contributed by atoms with Crippen LogP contribution in [0.2, 0.25) is 0 Å². The lowest BCUT2D eigenvalue weighted by Crippen LogP contribution is -2.55. The van der Waals surface area contributed by atoms with Gasteiger partial charge in [-0.2, -0.15) is 5.10 Å². The van der Waals surface area contributed by atoms with Gasteiger partial charge in [-0.25, -0.2) is 0 Å². The van der Waals surface area contributed by atoms with Crippen LogP contribution in [0.3, 0.4) is 0 Å². The number of piperidine rings is 1. The number of aromatic nitrogens is 2. The van der Waals surface area contributed by atoms with Gasteiger partial charge in [0.25, 0.3) is 0 Å². The number of hydrogen-bond acceptors (Lipinski definition) is 5. The largest absolute Gasteiger partial charge is 0.486 e. The smallest absolute Gasteiger partial charge is 0.248 e. The Bertz CT molecular complexity index is 769. The molecule has 2 N–H and O–H groups in total. The normalized spacial score (nSPS) is 19.6. The van der Waals surface area contributed by atoms with Gasteiger partial charge in [0.05, 0.1) is 6.04 Å². The van der Waals surface area contributed by atoms with E-state index in [1.54, 1.807) is 10.9 Å². The molecule has 3 heterocycles. The van der Waals surface area contributed by atoms with Gasteiger partial charge in [-0.05, 0) is 56.6 Å². The molecule has 2 aliphatic heterocycles. The first-order valence-corrected chi connectivity index (χ1v) is 9.10. The first kappa shape index (κ1) is 16.9. The van der Waals surface area contributed by atoms with Gasteiger partial charge in [-0.15, -0.1) is 0 Å². The molecule has 0 bridgehead atoms. The number of rotatable bonds is 4. The number of nitrogens with one attached hydrogen (secondary N) is 2. The summed E-state index contributed by atoms with van der Waals surface area (Å²) in [6, 6.07) is 7.55. The van der Waals surface area contributed by atoms with Gasteiger partial charge in [0.1, 0.15) is 18.8 Å². The fourth-order valence-electron chi connectivity index (χ4n) is 3.67. The van der Waals surface area contributed by atoms with Crippen molar-refractivity contribution < 1.29 is 14.3 Å². The molecule has 0 spiro atoms. The van der Waals surface area contributed by atoms with E-state index in [2.05, 4.69) is 15.7 Å². The van der Waals surface area contributed by atoms with Crippen LogP contribution in [0.15, 0.2) is 36.7 Å². The summed E-state index contributed by atoms with van der Waals surface area (Å²) >= 11 is 0. The number of ether oxygens (including phenoxy) is 2. The van der Waals surface area contributed by atoms with Crippen molar-refractivity contribution in [3.63, 3.8) is 0 Å². The predicted molar refractivity (Wildman–Crippen MR) is 96.3 cm³/mol. The molecule has 7 nitrogen and oxygen atoms in total. The summed E-state index contributed by atoms with van der Waals surface area (Å²) in [5.74, 6) is 1.49. The van der Waals surface area contributed by atoms with Crippen molar-refractivity contribution in [2.24, 2.45) is 0 Å². The van der Waals surface area contributed by atoms with E-state index in [0.29, 0.717) is 26.1 Å². The molecular formula is C19H24N4O3. The molecule has 7 heteroatoms. The van der Waals surface area contributed by atoms with E-state index in [0.717, 1.165) is 30.2 Å². The predicted octanol–water partition coefficient (Wildman–Crippen LogP) is 1.61. The Morgan fingerprint density at radius 1 is 1.27 bits per heavy atom. The Kier molecular flexibility index (Phi) is 4.55. The van der Waals surface area contributed by atoms with Crippen molar-refractivity contribution in [1.29, 1.82) is 0 Å². The minimum atomic E-state index is -0.642. The molecule has 0 radical (unpaired) electrons. The summed E-state index contributed by atoms with van der Waals surface area (Å²) in [7, 11) is 0. The van der Waals surface area contributed by atoms with Gasteiger partial charge in [-0.1, -0.05) is 6.07 Å². The molecule has 1 atom stereocenters. The van der Waals surface area contributed by atoms with E-state index in [9.17, 15) is 4.79 Å². The van der Waals surface area contributed by atoms with Crippen LogP contribution in [-0.4, -0.2) is 42.0 Å². The highest BCUT2D eigenvalue weighted by Gasteiger charge is 2.42. The van der Waals surface area contributed by atoms with E-state index >= 15 is 0 Å². The number of benzene rings is 1. The average molecular weight is 356 g/mol. The van der Waals surface area contributed by atoms with Crippen molar-refractivity contribution in [1.82, 2.24) is 20.4 Å². The molecule has 1 amide bonds. The minimum absolute atomic E-state index is 0.00471. The van der Waals surface area contributed by atoms with Crippen molar-refractivity contribution in [2.75, 3.05) is 26.3 Å². The molecule has 1 aromatic carbocycles. The Hall–Kier alpha value is -2.54. The maximum atomic E-state index is 13.2. The Labute approximate surface area is 152 Å². The molecule has 1 saturated heterocycles. The molecular weight excluding hydrogens is 332 g/mol. The third-order valence-corrected chi connectivity index (χ3v) is 5.21. The van der Waals surface area contributed by atoms with Crippen LogP contribution >= 0.6 is 0 Å². The van der Waals surface area contributed by atoms with Crippen LogP contribution in [-0.2, 0) is 10.3 Å². The van der Waals surface area contributed by atoms with E-state index < -0.39 is 5.54 Å². The highest BCUT2D eigenvalue weighted by molar-refractivity contribution is 5.85. The maximum Gasteiger partial charge on any atom is 0.248 e. The highest BCUT2D eigenvalue weighted by atomic mass is 16.6. The first-order chi connectivity index (χ1) is 12.7. The zero-order valence-electron chi connectivity index (χ0n) is 14.9. The van der Waals surface area contributed by atoms with Crippen molar-refractivity contribution in [2.45, 2.75) is 31.3 Å². The topological polar surface area (TPSA) is 77.4 Å². The molecule has 26 heavy (non-hydrogen) atoms. The third-order valence-electron chi connectivity index (χ3n) is 5.21. The summed E-state index contributed by atoms with van der Waals surface area (Å²) in [6.07, 6.45) is 5.03. The molecule has 1 unspecified atom stereocenters. The quantitative estimate of drug-likeness (QED) is 0.870. The second-order valence-electron chi connectivity index (χ2n) is 6.83. The summed E-state index contributed by atoms with van der Waals surface area (Å²) in [5, 5.41) is 10.9. The number of carbonyl (C=O) groups excluding carboxylic acids is 1. The number of amides is 1. The fraction of sp³-hybridized carbons (Fsp3) is 0.474. The van der Waals surface area contributed by atoms with Crippen LogP contribution in [0, 0.1) is 0 Å². The zero-order chi connectivity index (χ0) is 18.0. The van der Waals surface area contributed by atoms with Gasteiger partial charge in [0.2, 0.25) is 5.91 Å². The monoisotopic (exact) mass is 356 g/mol. The van der Waals surface area contributed by atoms with Gasteiger partial charge < -0.3 is 20.1 Å². The number of carbonyl (C=O) groups is 1. The fourth-order valence-corrected chi connectivity index (χ4v) is 3.67. The first-order valence-electron chi connectivity index (χ1n) is 9.10. The molecule has 1 aromatic heterocycles. The second-order valence-corrected chi connectivity index (χ2v) is 6.83. The van der Waals surface area contributed by atoms with Crippen LogP contribution < -0.4 is 20.1 Å². The number of hydrogen-bond donors (Lipinski definition) is 2. The van der Waals surface area contributed by atoms with E-state index in [4.69, 9.17) is 9.47 Å². The van der Waals surface area contributed by atoms with Crippen LogP contribution in [0.1, 0.15) is 31.4 Å². The average Bonchev–Trinajstić information content (AvgIpc) is 3.23. The summed E-state index contributed by atoms with van der Waals surface area (Å²) in [6.45, 7) is 4.70. The van der Waals surface area contributed by atoms with Crippen molar-refractivity contribution in [3.8, 4) is 11.5 Å². The lowest BCUT2D eigenvalue weighted by atomic mass is 9.87.